The molecule has 1 aromatic rings. The predicted octanol–water partition coefficient (Wildman–Crippen LogP) is 0.304. The van der Waals surface area contributed by atoms with Crippen LogP contribution in [0, 0.1) is 12.3 Å². The number of nitrogens with one attached hydrogen (secondary N) is 2. The van der Waals surface area contributed by atoms with E-state index in [0.717, 1.165) is 0 Å². The molecule has 0 aliphatic heterocycles. The SMILES string of the molecule is C#CCNCC(=O)Nc1nccs1. The first-order valence-electron chi connectivity index (χ1n) is 3.66. The van der Waals surface area contributed by atoms with Gasteiger partial charge in [-0.1, -0.05) is 5.92 Å². The van der Waals surface area contributed by atoms with E-state index in [0.29, 0.717) is 11.7 Å². The van der Waals surface area contributed by atoms with Gasteiger partial charge in [-0.25, -0.2) is 4.98 Å². The molecule has 0 bridgehead atoms. The predicted molar refractivity (Wildman–Crippen MR) is 52.4 cm³/mol. The second-order valence-electron chi connectivity index (χ2n) is 2.19. The lowest BCUT2D eigenvalue weighted by atomic mass is 10.5. The molecule has 0 saturated heterocycles. The summed E-state index contributed by atoms with van der Waals surface area (Å²) < 4.78 is 0. The maximum absolute atomic E-state index is 11.1. The minimum atomic E-state index is -0.134. The van der Waals surface area contributed by atoms with Crippen LogP contribution >= 0.6 is 11.3 Å². The van der Waals surface area contributed by atoms with Crippen molar-refractivity contribution in [3.8, 4) is 12.3 Å². The number of anilines is 1. The van der Waals surface area contributed by atoms with Crippen molar-refractivity contribution in [2.45, 2.75) is 0 Å². The lowest BCUT2D eigenvalue weighted by Gasteiger charge is -2.00. The van der Waals surface area contributed by atoms with Gasteiger partial charge in [-0.15, -0.1) is 17.8 Å². The zero-order valence-electron chi connectivity index (χ0n) is 6.91. The number of carbonyl (C=O) groups excluding carboxylic acids is 1. The molecule has 0 atom stereocenters. The highest BCUT2D eigenvalue weighted by Crippen LogP contribution is 2.09. The van der Waals surface area contributed by atoms with E-state index in [9.17, 15) is 4.79 Å². The largest absolute Gasteiger partial charge is 0.301 e. The molecule has 1 heterocycles. The number of nitrogens with zero attached hydrogens (tertiary/aromatic N) is 1. The van der Waals surface area contributed by atoms with Crippen LogP contribution in [0.4, 0.5) is 5.13 Å². The van der Waals surface area contributed by atoms with Crippen LogP contribution < -0.4 is 10.6 Å². The Balaban J connectivity index is 2.23. The second kappa shape index (κ2) is 5.30. The van der Waals surface area contributed by atoms with Crippen molar-refractivity contribution in [1.29, 1.82) is 0 Å². The summed E-state index contributed by atoms with van der Waals surface area (Å²) in [4.78, 5) is 15.0. The highest BCUT2D eigenvalue weighted by atomic mass is 32.1. The Morgan fingerprint density at radius 1 is 1.77 bits per heavy atom. The summed E-state index contributed by atoms with van der Waals surface area (Å²) in [6, 6.07) is 0. The first-order chi connectivity index (χ1) is 6.33. The van der Waals surface area contributed by atoms with Crippen molar-refractivity contribution < 1.29 is 4.79 Å². The molecule has 5 heteroatoms. The Kier molecular flexibility index (Phi) is 3.96. The maximum Gasteiger partial charge on any atom is 0.240 e. The number of hydrogen-bond acceptors (Lipinski definition) is 4. The lowest BCUT2D eigenvalue weighted by Crippen LogP contribution is -2.28. The van der Waals surface area contributed by atoms with Gasteiger partial charge in [0.2, 0.25) is 5.91 Å². The van der Waals surface area contributed by atoms with E-state index < -0.39 is 0 Å². The van der Waals surface area contributed by atoms with Gasteiger partial charge in [0, 0.05) is 11.6 Å². The van der Waals surface area contributed by atoms with Gasteiger partial charge in [0.1, 0.15) is 0 Å². The fourth-order valence-electron chi connectivity index (χ4n) is 0.697. The van der Waals surface area contributed by atoms with Gasteiger partial charge in [-0.2, -0.15) is 0 Å². The van der Waals surface area contributed by atoms with E-state index in [1.807, 2.05) is 0 Å². The van der Waals surface area contributed by atoms with Crippen LogP contribution in [0.1, 0.15) is 0 Å². The van der Waals surface area contributed by atoms with Crippen LogP contribution in [0.5, 0.6) is 0 Å². The number of hydrogen-bond donors (Lipinski definition) is 2. The molecule has 0 spiro atoms. The fraction of sp³-hybridized carbons (Fsp3) is 0.250. The van der Waals surface area contributed by atoms with Crippen molar-refractivity contribution in [3.63, 3.8) is 0 Å². The molecule has 2 N–H and O–H groups in total. The molecule has 1 amide bonds. The molecule has 0 unspecified atom stereocenters. The van der Waals surface area contributed by atoms with Crippen molar-refractivity contribution in [3.05, 3.63) is 11.6 Å². The van der Waals surface area contributed by atoms with E-state index in [4.69, 9.17) is 6.42 Å². The Hall–Kier alpha value is -1.38. The fourth-order valence-corrected chi connectivity index (χ4v) is 1.24. The molecule has 0 aromatic carbocycles. The van der Waals surface area contributed by atoms with Gasteiger partial charge in [-0.05, 0) is 0 Å². The van der Waals surface area contributed by atoms with Crippen LogP contribution in [0.3, 0.4) is 0 Å². The standard InChI is InChI=1S/C8H9N3OS/c1-2-3-9-6-7(12)11-8-10-4-5-13-8/h1,4-5,9H,3,6H2,(H,10,11,12). The van der Waals surface area contributed by atoms with Crippen LogP contribution in [-0.4, -0.2) is 24.0 Å². The van der Waals surface area contributed by atoms with Gasteiger partial charge in [0.25, 0.3) is 0 Å². The summed E-state index contributed by atoms with van der Waals surface area (Å²) in [5.74, 6) is 2.24. The van der Waals surface area contributed by atoms with Gasteiger partial charge in [0.15, 0.2) is 5.13 Å². The van der Waals surface area contributed by atoms with Crippen molar-refractivity contribution >= 4 is 22.4 Å². The Morgan fingerprint density at radius 3 is 3.23 bits per heavy atom. The summed E-state index contributed by atoms with van der Waals surface area (Å²) in [6.07, 6.45) is 6.63. The number of carbonyl (C=O) groups is 1. The Morgan fingerprint density at radius 2 is 2.62 bits per heavy atom. The van der Waals surface area contributed by atoms with Gasteiger partial charge in [-0.3, -0.25) is 10.1 Å². The second-order valence-corrected chi connectivity index (χ2v) is 3.09. The van der Waals surface area contributed by atoms with E-state index in [1.54, 1.807) is 11.6 Å². The first-order valence-corrected chi connectivity index (χ1v) is 4.54. The van der Waals surface area contributed by atoms with Gasteiger partial charge >= 0.3 is 0 Å². The van der Waals surface area contributed by atoms with Crippen LogP contribution in [0.15, 0.2) is 11.6 Å². The zero-order valence-corrected chi connectivity index (χ0v) is 7.73. The molecule has 68 valence electrons. The van der Waals surface area contributed by atoms with E-state index in [-0.39, 0.29) is 12.5 Å². The molecule has 13 heavy (non-hydrogen) atoms. The molecular formula is C8H9N3OS. The van der Waals surface area contributed by atoms with Crippen LogP contribution in [-0.2, 0) is 4.79 Å². The molecule has 0 saturated carbocycles. The zero-order chi connectivity index (χ0) is 9.52. The molecule has 1 rings (SSSR count). The quantitative estimate of drug-likeness (QED) is 0.537. The minimum absolute atomic E-state index is 0.134. The third-order valence-corrected chi connectivity index (χ3v) is 1.88. The van der Waals surface area contributed by atoms with E-state index >= 15 is 0 Å². The molecule has 4 nitrogen and oxygen atoms in total. The molecule has 1 aromatic heterocycles. The molecule has 0 radical (unpaired) electrons. The average molecular weight is 195 g/mol. The van der Waals surface area contributed by atoms with Gasteiger partial charge < -0.3 is 5.32 Å². The number of thiazole rings is 1. The minimum Gasteiger partial charge on any atom is -0.301 e. The first kappa shape index (κ1) is 9.71. The summed E-state index contributed by atoms with van der Waals surface area (Å²) in [5, 5.41) is 7.79. The number of rotatable bonds is 4. The monoisotopic (exact) mass is 195 g/mol. The molecule has 0 aliphatic rings. The molecule has 0 fully saturated rings. The number of aromatic nitrogens is 1. The number of amides is 1. The summed E-state index contributed by atoms with van der Waals surface area (Å²) in [6.45, 7) is 0.606. The smallest absolute Gasteiger partial charge is 0.240 e. The summed E-state index contributed by atoms with van der Waals surface area (Å²) >= 11 is 1.38. The normalized spacial score (nSPS) is 9.15. The molecular weight excluding hydrogens is 186 g/mol. The Labute approximate surface area is 80.4 Å². The summed E-state index contributed by atoms with van der Waals surface area (Å²) in [7, 11) is 0. The lowest BCUT2D eigenvalue weighted by molar-refractivity contribution is -0.115. The van der Waals surface area contributed by atoms with E-state index in [1.165, 1.54) is 11.3 Å². The molecule has 0 aliphatic carbocycles. The topological polar surface area (TPSA) is 54.0 Å². The average Bonchev–Trinajstić information content (AvgIpc) is 2.57. The van der Waals surface area contributed by atoms with Gasteiger partial charge in [0.05, 0.1) is 13.1 Å². The van der Waals surface area contributed by atoms with Crippen LogP contribution in [0.2, 0.25) is 0 Å². The highest BCUT2D eigenvalue weighted by molar-refractivity contribution is 7.13. The Bertz CT molecular complexity index is 302. The van der Waals surface area contributed by atoms with Crippen molar-refractivity contribution in [2.75, 3.05) is 18.4 Å². The summed E-state index contributed by atoms with van der Waals surface area (Å²) in [5.41, 5.74) is 0. The third-order valence-electron chi connectivity index (χ3n) is 1.19. The highest BCUT2D eigenvalue weighted by Gasteiger charge is 2.01. The van der Waals surface area contributed by atoms with E-state index in [2.05, 4.69) is 21.5 Å². The van der Waals surface area contributed by atoms with Crippen molar-refractivity contribution in [2.24, 2.45) is 0 Å². The maximum atomic E-state index is 11.1. The number of terminal acetylenes is 1. The third kappa shape index (κ3) is 3.69. The van der Waals surface area contributed by atoms with Crippen LogP contribution in [0.25, 0.3) is 0 Å². The van der Waals surface area contributed by atoms with Crippen molar-refractivity contribution in [1.82, 2.24) is 10.3 Å².